The van der Waals surface area contributed by atoms with Gasteiger partial charge in [0.05, 0.1) is 0 Å². The van der Waals surface area contributed by atoms with E-state index in [0.717, 1.165) is 17.5 Å². The first kappa shape index (κ1) is 12.9. The molecule has 17 heavy (non-hydrogen) atoms. The Balaban J connectivity index is 2.27. The number of rotatable bonds is 4. The zero-order chi connectivity index (χ0) is 12.3. The van der Waals surface area contributed by atoms with Crippen molar-refractivity contribution in [1.29, 1.82) is 0 Å². The van der Waals surface area contributed by atoms with Crippen molar-refractivity contribution in [3.63, 3.8) is 0 Å². The Labute approximate surface area is 110 Å². The average molecular weight is 252 g/mol. The largest absolute Gasteiger partial charge is 0.310 e. The third-order valence-electron chi connectivity index (χ3n) is 3.85. The molecular formula is C15H22ClN. The Morgan fingerprint density at radius 1 is 1.35 bits per heavy atom. The summed E-state index contributed by atoms with van der Waals surface area (Å²) in [5.41, 5.74) is 2.48. The third-order valence-corrected chi connectivity index (χ3v) is 4.37. The quantitative estimate of drug-likeness (QED) is 0.832. The molecule has 94 valence electrons. The molecule has 1 fully saturated rings. The minimum absolute atomic E-state index is 0.440. The van der Waals surface area contributed by atoms with Gasteiger partial charge in [-0.3, -0.25) is 0 Å². The molecule has 0 radical (unpaired) electrons. The van der Waals surface area contributed by atoms with Crippen LogP contribution in [0.4, 0.5) is 0 Å². The van der Waals surface area contributed by atoms with Gasteiger partial charge in [0, 0.05) is 11.1 Å². The lowest BCUT2D eigenvalue weighted by atomic mass is 9.90. The van der Waals surface area contributed by atoms with Crippen molar-refractivity contribution in [3.8, 4) is 0 Å². The summed E-state index contributed by atoms with van der Waals surface area (Å²) in [6.07, 6.45) is 5.41. The Morgan fingerprint density at radius 3 is 2.71 bits per heavy atom. The van der Waals surface area contributed by atoms with Crippen LogP contribution in [0, 0.1) is 12.8 Å². The molecule has 0 amide bonds. The second-order valence-corrected chi connectivity index (χ2v) is 5.44. The highest BCUT2D eigenvalue weighted by atomic mass is 35.5. The Morgan fingerprint density at radius 2 is 2.06 bits per heavy atom. The van der Waals surface area contributed by atoms with Crippen LogP contribution in [-0.4, -0.2) is 6.54 Å². The number of aryl methyl sites for hydroxylation is 1. The monoisotopic (exact) mass is 251 g/mol. The summed E-state index contributed by atoms with van der Waals surface area (Å²) in [7, 11) is 0. The normalized spacial score (nSPS) is 18.5. The second-order valence-electron chi connectivity index (χ2n) is 5.06. The van der Waals surface area contributed by atoms with Gasteiger partial charge in [0.1, 0.15) is 0 Å². The number of hydrogen-bond acceptors (Lipinski definition) is 1. The van der Waals surface area contributed by atoms with E-state index >= 15 is 0 Å². The summed E-state index contributed by atoms with van der Waals surface area (Å²) in [5, 5.41) is 4.57. The first-order chi connectivity index (χ1) is 8.24. The lowest BCUT2D eigenvalue weighted by Gasteiger charge is -2.26. The van der Waals surface area contributed by atoms with E-state index in [1.807, 2.05) is 0 Å². The number of halogens is 1. The first-order valence-electron chi connectivity index (χ1n) is 6.72. The predicted molar refractivity (Wildman–Crippen MR) is 74.6 cm³/mol. The highest BCUT2D eigenvalue weighted by molar-refractivity contribution is 6.32. The van der Waals surface area contributed by atoms with E-state index in [9.17, 15) is 0 Å². The van der Waals surface area contributed by atoms with Crippen LogP contribution in [0.25, 0.3) is 0 Å². The summed E-state index contributed by atoms with van der Waals surface area (Å²) >= 11 is 6.46. The minimum Gasteiger partial charge on any atom is -0.310 e. The van der Waals surface area contributed by atoms with Crippen LogP contribution in [0.2, 0.25) is 5.02 Å². The highest BCUT2D eigenvalue weighted by Crippen LogP contribution is 2.38. The van der Waals surface area contributed by atoms with Crippen molar-refractivity contribution in [2.24, 2.45) is 5.92 Å². The van der Waals surface area contributed by atoms with Crippen molar-refractivity contribution in [3.05, 3.63) is 34.3 Å². The van der Waals surface area contributed by atoms with E-state index < -0.39 is 0 Å². The maximum Gasteiger partial charge on any atom is 0.0483 e. The van der Waals surface area contributed by atoms with Gasteiger partial charge in [-0.05, 0) is 43.4 Å². The van der Waals surface area contributed by atoms with E-state index in [1.165, 1.54) is 36.8 Å². The molecule has 1 saturated carbocycles. The SMILES string of the molecule is CCNC(c1cccc(C)c1Cl)C1CCCC1. The molecule has 0 aromatic heterocycles. The highest BCUT2D eigenvalue weighted by Gasteiger charge is 2.27. The van der Waals surface area contributed by atoms with Gasteiger partial charge in [-0.15, -0.1) is 0 Å². The van der Waals surface area contributed by atoms with E-state index in [1.54, 1.807) is 0 Å². The van der Waals surface area contributed by atoms with Gasteiger partial charge in [0.25, 0.3) is 0 Å². The molecular weight excluding hydrogens is 230 g/mol. The summed E-state index contributed by atoms with van der Waals surface area (Å²) in [6, 6.07) is 6.83. The number of benzene rings is 1. The summed E-state index contributed by atoms with van der Waals surface area (Å²) in [6.45, 7) is 5.26. The molecule has 1 aliphatic rings. The number of nitrogens with one attached hydrogen (secondary N) is 1. The van der Waals surface area contributed by atoms with Gasteiger partial charge in [-0.25, -0.2) is 0 Å². The summed E-state index contributed by atoms with van der Waals surface area (Å²) in [5.74, 6) is 0.759. The van der Waals surface area contributed by atoms with E-state index in [0.29, 0.717) is 6.04 Å². The molecule has 2 rings (SSSR count). The first-order valence-corrected chi connectivity index (χ1v) is 7.10. The molecule has 1 aromatic rings. The molecule has 1 aliphatic carbocycles. The lowest BCUT2D eigenvalue weighted by Crippen LogP contribution is -2.27. The van der Waals surface area contributed by atoms with Crippen LogP contribution in [0.15, 0.2) is 18.2 Å². The molecule has 1 unspecified atom stereocenters. The van der Waals surface area contributed by atoms with Gasteiger partial charge in [0.2, 0.25) is 0 Å². The van der Waals surface area contributed by atoms with Gasteiger partial charge < -0.3 is 5.32 Å². The van der Waals surface area contributed by atoms with E-state index in [-0.39, 0.29) is 0 Å². The molecule has 1 aromatic carbocycles. The zero-order valence-electron chi connectivity index (χ0n) is 10.8. The Kier molecular flexibility index (Phi) is 4.47. The van der Waals surface area contributed by atoms with Gasteiger partial charge in [-0.1, -0.05) is 49.6 Å². The fourth-order valence-electron chi connectivity index (χ4n) is 2.95. The molecule has 0 heterocycles. The molecule has 0 spiro atoms. The van der Waals surface area contributed by atoms with Gasteiger partial charge in [-0.2, -0.15) is 0 Å². The number of hydrogen-bond donors (Lipinski definition) is 1. The Bertz CT molecular complexity index is 369. The van der Waals surface area contributed by atoms with Crippen molar-refractivity contribution >= 4 is 11.6 Å². The van der Waals surface area contributed by atoms with Gasteiger partial charge >= 0.3 is 0 Å². The molecule has 1 nitrogen and oxygen atoms in total. The predicted octanol–water partition coefficient (Wildman–Crippen LogP) is 4.49. The smallest absolute Gasteiger partial charge is 0.0483 e. The third kappa shape index (κ3) is 2.83. The lowest BCUT2D eigenvalue weighted by molar-refractivity contribution is 0.374. The molecule has 0 saturated heterocycles. The fraction of sp³-hybridized carbons (Fsp3) is 0.600. The average Bonchev–Trinajstić information content (AvgIpc) is 2.84. The van der Waals surface area contributed by atoms with Crippen LogP contribution in [0.1, 0.15) is 49.8 Å². The maximum absolute atomic E-state index is 6.46. The second kappa shape index (κ2) is 5.88. The van der Waals surface area contributed by atoms with Crippen molar-refractivity contribution in [2.75, 3.05) is 6.54 Å². The Hall–Kier alpha value is -0.530. The van der Waals surface area contributed by atoms with Gasteiger partial charge in [0.15, 0.2) is 0 Å². The van der Waals surface area contributed by atoms with Crippen molar-refractivity contribution in [2.45, 2.75) is 45.6 Å². The topological polar surface area (TPSA) is 12.0 Å². The molecule has 2 heteroatoms. The standard InChI is InChI=1S/C15H22ClN/c1-3-17-15(12-8-4-5-9-12)13-10-6-7-11(2)14(13)16/h6-7,10,12,15,17H,3-5,8-9H2,1-2H3. The van der Waals surface area contributed by atoms with Crippen molar-refractivity contribution < 1.29 is 0 Å². The minimum atomic E-state index is 0.440. The van der Waals surface area contributed by atoms with E-state index in [2.05, 4.69) is 37.4 Å². The molecule has 1 N–H and O–H groups in total. The van der Waals surface area contributed by atoms with Crippen molar-refractivity contribution in [1.82, 2.24) is 5.32 Å². The molecule has 0 bridgehead atoms. The molecule has 1 atom stereocenters. The zero-order valence-corrected chi connectivity index (χ0v) is 11.6. The van der Waals surface area contributed by atoms with Crippen LogP contribution in [0.5, 0.6) is 0 Å². The van der Waals surface area contributed by atoms with Crippen LogP contribution >= 0.6 is 11.6 Å². The summed E-state index contributed by atoms with van der Waals surface area (Å²) < 4.78 is 0. The van der Waals surface area contributed by atoms with Crippen LogP contribution in [0.3, 0.4) is 0 Å². The summed E-state index contributed by atoms with van der Waals surface area (Å²) in [4.78, 5) is 0. The van der Waals surface area contributed by atoms with Crippen LogP contribution in [-0.2, 0) is 0 Å². The molecule has 0 aliphatic heterocycles. The van der Waals surface area contributed by atoms with E-state index in [4.69, 9.17) is 11.6 Å². The fourth-order valence-corrected chi connectivity index (χ4v) is 3.20. The van der Waals surface area contributed by atoms with Crippen LogP contribution < -0.4 is 5.32 Å². The maximum atomic E-state index is 6.46.